The van der Waals surface area contributed by atoms with E-state index in [1.807, 2.05) is 13.8 Å². The number of rotatable bonds is 20. The van der Waals surface area contributed by atoms with E-state index in [0.29, 0.717) is 18.4 Å². The number of carbonyl (C=O) groups is 2. The van der Waals surface area contributed by atoms with E-state index in [4.69, 9.17) is 6.42 Å². The number of halogens is 3. The molecule has 0 heterocycles. The third-order valence-corrected chi connectivity index (χ3v) is 10.2. The Morgan fingerprint density at radius 2 is 1.70 bits per heavy atom. The van der Waals surface area contributed by atoms with Crippen LogP contribution in [0.2, 0.25) is 0 Å². The van der Waals surface area contributed by atoms with Gasteiger partial charge < -0.3 is 26.2 Å². The average Bonchev–Trinajstić information content (AvgIpc) is 3.00. The molecule has 0 aliphatic heterocycles. The monoisotopic (exact) mass is 687 g/mol. The molecule has 0 spiro atoms. The Labute approximate surface area is 277 Å². The highest BCUT2D eigenvalue weighted by atomic mass is 32.2. The Hall–Kier alpha value is -2.66. The SMILES string of the molecule is C#CCC[C@H](NC(=O)C(Cc1ccccc1)CS(=O)(=O)CCNCC(F)(F)F)C(=O)NC(CC1CCCCC1)[C@@H](O)[C@@H](O)CC(C)C. The van der Waals surface area contributed by atoms with Crippen molar-refractivity contribution in [2.75, 3.05) is 24.6 Å². The Morgan fingerprint density at radius 1 is 1.04 bits per heavy atom. The van der Waals surface area contributed by atoms with Gasteiger partial charge in [-0.25, -0.2) is 8.42 Å². The van der Waals surface area contributed by atoms with Gasteiger partial charge >= 0.3 is 6.18 Å². The fourth-order valence-corrected chi connectivity index (χ4v) is 7.50. The average molecular weight is 688 g/mol. The molecular formula is C34H52F3N3O6S. The van der Waals surface area contributed by atoms with Crippen LogP contribution in [0.15, 0.2) is 30.3 Å². The summed E-state index contributed by atoms with van der Waals surface area (Å²) in [5, 5.41) is 29.5. The Balaban J connectivity index is 2.25. The van der Waals surface area contributed by atoms with Crippen LogP contribution >= 0.6 is 0 Å². The van der Waals surface area contributed by atoms with E-state index in [1.165, 1.54) is 0 Å². The van der Waals surface area contributed by atoms with Crippen molar-refractivity contribution in [3.8, 4) is 12.3 Å². The van der Waals surface area contributed by atoms with Crippen LogP contribution in [-0.4, -0.2) is 85.5 Å². The largest absolute Gasteiger partial charge is 0.401 e. The Morgan fingerprint density at radius 3 is 2.30 bits per heavy atom. The second-order valence-electron chi connectivity index (χ2n) is 13.1. The van der Waals surface area contributed by atoms with Crippen LogP contribution in [-0.2, 0) is 25.8 Å². The van der Waals surface area contributed by atoms with Crippen LogP contribution in [0.5, 0.6) is 0 Å². The van der Waals surface area contributed by atoms with Gasteiger partial charge in [-0.2, -0.15) is 13.2 Å². The van der Waals surface area contributed by atoms with E-state index in [-0.39, 0.29) is 31.1 Å². The minimum atomic E-state index is -4.49. The quantitative estimate of drug-likeness (QED) is 0.104. The zero-order valence-electron chi connectivity index (χ0n) is 27.5. The normalized spacial score (nSPS) is 17.7. The number of hydrogen-bond donors (Lipinski definition) is 5. The van der Waals surface area contributed by atoms with Crippen molar-refractivity contribution in [3.63, 3.8) is 0 Å². The molecule has 1 aromatic carbocycles. The van der Waals surface area contributed by atoms with Gasteiger partial charge in [-0.1, -0.05) is 76.3 Å². The van der Waals surface area contributed by atoms with Crippen LogP contribution < -0.4 is 16.0 Å². The van der Waals surface area contributed by atoms with Crippen LogP contribution in [0.3, 0.4) is 0 Å². The summed E-state index contributed by atoms with van der Waals surface area (Å²) in [6, 6.07) is 6.73. The molecule has 1 saturated carbocycles. The summed E-state index contributed by atoms with van der Waals surface area (Å²) in [5.41, 5.74) is 0.664. The number of aliphatic hydroxyl groups excluding tert-OH is 2. The number of sulfone groups is 1. The molecule has 0 aromatic heterocycles. The Kier molecular flexibility index (Phi) is 17.2. The second-order valence-corrected chi connectivity index (χ2v) is 15.4. The molecule has 1 aliphatic rings. The summed E-state index contributed by atoms with van der Waals surface area (Å²) in [6.07, 6.45) is 4.71. The molecule has 2 unspecified atom stereocenters. The topological polar surface area (TPSA) is 145 Å². The van der Waals surface area contributed by atoms with E-state index in [1.54, 1.807) is 30.3 Å². The molecular weight excluding hydrogens is 635 g/mol. The molecule has 2 rings (SSSR count). The van der Waals surface area contributed by atoms with Crippen LogP contribution in [0, 0.1) is 30.1 Å². The fraction of sp³-hybridized carbons (Fsp3) is 0.706. The molecule has 9 nitrogen and oxygen atoms in total. The van der Waals surface area contributed by atoms with Gasteiger partial charge in [0, 0.05) is 13.0 Å². The second kappa shape index (κ2) is 20.0. The van der Waals surface area contributed by atoms with Crippen molar-refractivity contribution in [2.45, 2.75) is 109 Å². The summed E-state index contributed by atoms with van der Waals surface area (Å²) >= 11 is 0. The number of amides is 2. The lowest BCUT2D eigenvalue weighted by molar-refractivity contribution is -0.132. The third-order valence-electron chi connectivity index (χ3n) is 8.44. The highest BCUT2D eigenvalue weighted by Crippen LogP contribution is 2.29. The van der Waals surface area contributed by atoms with Crippen LogP contribution in [0.25, 0.3) is 0 Å². The Bertz CT molecular complexity index is 1230. The van der Waals surface area contributed by atoms with Gasteiger partial charge in [-0.3, -0.25) is 9.59 Å². The van der Waals surface area contributed by atoms with Gasteiger partial charge in [0.05, 0.1) is 36.1 Å². The van der Waals surface area contributed by atoms with Crippen LogP contribution in [0.4, 0.5) is 13.2 Å². The first-order chi connectivity index (χ1) is 22.1. The van der Waals surface area contributed by atoms with Gasteiger partial charge in [0.1, 0.15) is 12.1 Å². The van der Waals surface area contributed by atoms with E-state index in [0.717, 1.165) is 32.1 Å². The maximum atomic E-state index is 13.7. The van der Waals surface area contributed by atoms with E-state index in [9.17, 15) is 41.4 Å². The molecule has 5 atom stereocenters. The molecule has 0 radical (unpaired) electrons. The molecule has 13 heteroatoms. The highest BCUT2D eigenvalue weighted by Gasteiger charge is 2.34. The lowest BCUT2D eigenvalue weighted by Gasteiger charge is -2.33. The first-order valence-electron chi connectivity index (χ1n) is 16.5. The number of hydrogen-bond acceptors (Lipinski definition) is 7. The zero-order valence-corrected chi connectivity index (χ0v) is 28.3. The molecule has 1 fully saturated rings. The minimum absolute atomic E-state index is 0.00970. The molecule has 266 valence electrons. The lowest BCUT2D eigenvalue weighted by Crippen LogP contribution is -2.56. The number of carbonyl (C=O) groups excluding carboxylic acids is 2. The molecule has 5 N–H and O–H groups in total. The number of benzene rings is 1. The summed E-state index contributed by atoms with van der Waals surface area (Å²) < 4.78 is 63.4. The summed E-state index contributed by atoms with van der Waals surface area (Å²) in [6.45, 7) is 2.05. The molecule has 47 heavy (non-hydrogen) atoms. The van der Waals surface area contributed by atoms with Crippen molar-refractivity contribution in [1.82, 2.24) is 16.0 Å². The summed E-state index contributed by atoms with van der Waals surface area (Å²) in [5.74, 6) is -0.928. The maximum Gasteiger partial charge on any atom is 0.401 e. The number of terminal acetylenes is 1. The molecule has 0 saturated heterocycles. The standard InChI is InChI=1S/C34H52F3N3O6S/c1-4-5-16-28(33(44)40-29(21-26-14-10-7-11-15-26)31(42)30(41)19-24(2)3)39-32(43)27(20-25-12-8-6-9-13-25)22-47(45,46)18-17-38-23-34(35,36)37/h1,6,8-9,12-13,24,26-31,38,41-42H,5,7,10-11,14-23H2,2-3H3,(H,39,43)(H,40,44)/t27?,28-,29?,30-,31+/m0/s1. The van der Waals surface area contributed by atoms with Crippen molar-refractivity contribution in [2.24, 2.45) is 17.8 Å². The van der Waals surface area contributed by atoms with Gasteiger partial charge in [-0.05, 0) is 43.1 Å². The van der Waals surface area contributed by atoms with Crippen molar-refractivity contribution in [3.05, 3.63) is 35.9 Å². The number of aliphatic hydroxyl groups is 2. The van der Waals surface area contributed by atoms with Gasteiger partial charge in [0.2, 0.25) is 11.8 Å². The zero-order chi connectivity index (χ0) is 35.0. The first-order valence-corrected chi connectivity index (χ1v) is 18.3. The van der Waals surface area contributed by atoms with Crippen molar-refractivity contribution < 1.29 is 41.4 Å². The van der Waals surface area contributed by atoms with Gasteiger partial charge in [0.25, 0.3) is 0 Å². The van der Waals surface area contributed by atoms with Gasteiger partial charge in [0.15, 0.2) is 9.84 Å². The maximum absolute atomic E-state index is 13.7. The number of alkyl halides is 3. The smallest absolute Gasteiger partial charge is 0.390 e. The van der Waals surface area contributed by atoms with Crippen molar-refractivity contribution in [1.29, 1.82) is 0 Å². The van der Waals surface area contributed by atoms with Gasteiger partial charge in [-0.15, -0.1) is 12.3 Å². The number of nitrogens with one attached hydrogen (secondary N) is 3. The fourth-order valence-electron chi connectivity index (χ4n) is 6.00. The predicted octanol–water partition coefficient (Wildman–Crippen LogP) is 3.53. The van der Waals surface area contributed by atoms with Crippen molar-refractivity contribution >= 4 is 21.7 Å². The molecule has 2 amide bonds. The lowest BCUT2D eigenvalue weighted by atomic mass is 9.82. The van der Waals surface area contributed by atoms with E-state index >= 15 is 0 Å². The summed E-state index contributed by atoms with van der Waals surface area (Å²) in [7, 11) is -3.99. The minimum Gasteiger partial charge on any atom is -0.390 e. The van der Waals surface area contributed by atoms with Crippen LogP contribution in [0.1, 0.15) is 77.2 Å². The highest BCUT2D eigenvalue weighted by molar-refractivity contribution is 7.91. The molecule has 0 bridgehead atoms. The summed E-state index contributed by atoms with van der Waals surface area (Å²) in [4.78, 5) is 27.4. The van der Waals surface area contributed by atoms with E-state index < -0.39 is 82.6 Å². The van der Waals surface area contributed by atoms with E-state index in [2.05, 4.69) is 21.9 Å². The molecule has 1 aliphatic carbocycles. The molecule has 1 aromatic rings. The third kappa shape index (κ3) is 16.3. The predicted molar refractivity (Wildman–Crippen MR) is 176 cm³/mol. The first kappa shape index (κ1) is 40.5.